The number of para-hydroxylation sites is 1. The molecule has 1 fully saturated rings. The van der Waals surface area contributed by atoms with E-state index in [1.54, 1.807) is 11.8 Å². The van der Waals surface area contributed by atoms with Crippen LogP contribution in [0, 0.1) is 5.92 Å². The molecular formula is C22H33N3O2S. The van der Waals surface area contributed by atoms with Gasteiger partial charge < -0.3 is 4.74 Å². The van der Waals surface area contributed by atoms with E-state index >= 15 is 0 Å². The maximum atomic E-state index is 13.2. The van der Waals surface area contributed by atoms with E-state index in [0.29, 0.717) is 29.9 Å². The molecule has 0 radical (unpaired) electrons. The number of nitrogens with zero attached hydrogens (tertiary/aromatic N) is 3. The van der Waals surface area contributed by atoms with Crippen molar-refractivity contribution in [2.75, 3.05) is 25.5 Å². The Balaban J connectivity index is 1.86. The average Bonchev–Trinajstić information content (AvgIpc) is 2.68. The molecule has 0 spiro atoms. The molecule has 0 bridgehead atoms. The Bertz CT molecular complexity index is 820. The number of hydrogen-bond donors (Lipinski definition) is 0. The van der Waals surface area contributed by atoms with Gasteiger partial charge in [0.2, 0.25) is 0 Å². The van der Waals surface area contributed by atoms with E-state index in [4.69, 9.17) is 9.72 Å². The molecule has 2 aromatic rings. The third kappa shape index (κ3) is 5.16. The molecule has 1 atom stereocenters. The summed E-state index contributed by atoms with van der Waals surface area (Å²) in [6.45, 7) is 12.0. The number of hydrogen-bond acceptors (Lipinski definition) is 5. The van der Waals surface area contributed by atoms with Crippen LogP contribution in [0.1, 0.15) is 40.5 Å². The molecule has 6 heteroatoms. The Hall–Kier alpha value is -1.37. The van der Waals surface area contributed by atoms with Gasteiger partial charge in [-0.05, 0) is 58.6 Å². The van der Waals surface area contributed by atoms with Crippen LogP contribution in [0.15, 0.2) is 34.2 Å². The molecule has 154 valence electrons. The summed E-state index contributed by atoms with van der Waals surface area (Å²) < 4.78 is 7.50. The second kappa shape index (κ2) is 9.90. The summed E-state index contributed by atoms with van der Waals surface area (Å²) in [4.78, 5) is 20.5. The van der Waals surface area contributed by atoms with E-state index < -0.39 is 0 Å². The Labute approximate surface area is 172 Å². The molecule has 5 nitrogen and oxygen atoms in total. The van der Waals surface area contributed by atoms with Gasteiger partial charge in [0.15, 0.2) is 5.16 Å². The van der Waals surface area contributed by atoms with E-state index in [-0.39, 0.29) is 5.56 Å². The molecule has 1 aromatic carbocycles. The van der Waals surface area contributed by atoms with Crippen molar-refractivity contribution in [3.8, 4) is 0 Å². The van der Waals surface area contributed by atoms with Crippen molar-refractivity contribution in [1.82, 2.24) is 14.5 Å². The van der Waals surface area contributed by atoms with Crippen molar-refractivity contribution in [2.24, 2.45) is 5.92 Å². The fourth-order valence-electron chi connectivity index (χ4n) is 3.91. The normalized spacial score (nSPS) is 17.9. The highest BCUT2D eigenvalue weighted by atomic mass is 32.2. The summed E-state index contributed by atoms with van der Waals surface area (Å²) in [5, 5.41) is 1.54. The first-order valence-corrected chi connectivity index (χ1v) is 11.4. The standard InChI is InChI=1S/C22H33N3O2S/c1-16(2)24(17(3)4)11-12-25-21(26)19-9-5-6-10-20(19)23-22(25)28-15-18-8-7-13-27-14-18/h5-6,9-10,16-18H,7-8,11-15H2,1-4H3/t18-/m1/s1. The molecule has 1 aromatic heterocycles. The van der Waals surface area contributed by atoms with Gasteiger partial charge in [-0.15, -0.1) is 0 Å². The van der Waals surface area contributed by atoms with Crippen LogP contribution < -0.4 is 5.56 Å². The summed E-state index contributed by atoms with van der Waals surface area (Å²) in [5.74, 6) is 1.49. The monoisotopic (exact) mass is 403 g/mol. The van der Waals surface area contributed by atoms with Gasteiger partial charge in [0.1, 0.15) is 0 Å². The highest BCUT2D eigenvalue weighted by molar-refractivity contribution is 7.99. The van der Waals surface area contributed by atoms with Gasteiger partial charge in [-0.3, -0.25) is 14.3 Å². The Morgan fingerprint density at radius 3 is 2.68 bits per heavy atom. The molecule has 1 aliphatic heterocycles. The fourth-order valence-corrected chi connectivity index (χ4v) is 5.06. The van der Waals surface area contributed by atoms with E-state index in [1.165, 1.54) is 6.42 Å². The minimum Gasteiger partial charge on any atom is -0.381 e. The molecule has 0 N–H and O–H groups in total. The Morgan fingerprint density at radius 1 is 1.25 bits per heavy atom. The smallest absolute Gasteiger partial charge is 0.262 e. The largest absolute Gasteiger partial charge is 0.381 e. The molecule has 1 saturated heterocycles. The lowest BCUT2D eigenvalue weighted by atomic mass is 10.1. The van der Waals surface area contributed by atoms with Crippen LogP contribution in [0.5, 0.6) is 0 Å². The summed E-state index contributed by atoms with van der Waals surface area (Å²) in [5.41, 5.74) is 0.858. The molecule has 28 heavy (non-hydrogen) atoms. The summed E-state index contributed by atoms with van der Waals surface area (Å²) in [6, 6.07) is 8.56. The molecule has 0 unspecified atom stereocenters. The van der Waals surface area contributed by atoms with E-state index in [0.717, 1.165) is 42.6 Å². The lowest BCUT2D eigenvalue weighted by Crippen LogP contribution is -2.40. The van der Waals surface area contributed by atoms with Crippen LogP contribution in [0.25, 0.3) is 10.9 Å². The number of benzene rings is 1. The second-order valence-electron chi connectivity index (χ2n) is 8.19. The summed E-state index contributed by atoms with van der Waals surface area (Å²) in [6.07, 6.45) is 2.32. The Kier molecular flexibility index (Phi) is 7.55. The van der Waals surface area contributed by atoms with Crippen LogP contribution in [0.2, 0.25) is 0 Å². The zero-order chi connectivity index (χ0) is 20.1. The number of fused-ring (bicyclic) bond motifs is 1. The first-order valence-electron chi connectivity index (χ1n) is 10.4. The maximum absolute atomic E-state index is 13.2. The summed E-state index contributed by atoms with van der Waals surface area (Å²) >= 11 is 1.70. The SMILES string of the molecule is CC(C)N(CCn1c(SC[C@@H]2CCCOC2)nc2ccccc2c1=O)C(C)C. The fraction of sp³-hybridized carbons (Fsp3) is 0.636. The van der Waals surface area contributed by atoms with Crippen molar-refractivity contribution in [3.05, 3.63) is 34.6 Å². The lowest BCUT2D eigenvalue weighted by Gasteiger charge is -2.31. The third-order valence-corrected chi connectivity index (χ3v) is 6.65. The van der Waals surface area contributed by atoms with Gasteiger partial charge >= 0.3 is 0 Å². The first-order chi connectivity index (χ1) is 13.5. The van der Waals surface area contributed by atoms with Gasteiger partial charge in [0, 0.05) is 37.5 Å². The zero-order valence-corrected chi connectivity index (χ0v) is 18.4. The molecular weight excluding hydrogens is 370 g/mol. The average molecular weight is 404 g/mol. The van der Waals surface area contributed by atoms with E-state index in [2.05, 4.69) is 32.6 Å². The molecule has 0 amide bonds. The topological polar surface area (TPSA) is 47.4 Å². The maximum Gasteiger partial charge on any atom is 0.262 e. The number of ether oxygens (including phenoxy) is 1. The number of aromatic nitrogens is 2. The van der Waals surface area contributed by atoms with E-state index in [1.807, 2.05) is 28.8 Å². The number of thioether (sulfide) groups is 1. The third-order valence-electron chi connectivity index (χ3n) is 5.44. The minimum atomic E-state index is 0.0699. The second-order valence-corrected chi connectivity index (χ2v) is 9.17. The molecule has 1 aliphatic rings. The predicted octanol–water partition coefficient (Wildman–Crippen LogP) is 4.03. The lowest BCUT2D eigenvalue weighted by molar-refractivity contribution is 0.0632. The van der Waals surface area contributed by atoms with Crippen molar-refractivity contribution >= 4 is 22.7 Å². The van der Waals surface area contributed by atoms with Gasteiger partial charge in [-0.1, -0.05) is 23.9 Å². The van der Waals surface area contributed by atoms with Gasteiger partial charge in [-0.2, -0.15) is 0 Å². The minimum absolute atomic E-state index is 0.0699. The van der Waals surface area contributed by atoms with Crippen LogP contribution in [-0.2, 0) is 11.3 Å². The van der Waals surface area contributed by atoms with Crippen LogP contribution in [-0.4, -0.2) is 52.0 Å². The Morgan fingerprint density at radius 2 is 2.00 bits per heavy atom. The number of rotatable bonds is 8. The predicted molar refractivity (Wildman–Crippen MR) is 117 cm³/mol. The van der Waals surface area contributed by atoms with Crippen LogP contribution in [0.3, 0.4) is 0 Å². The van der Waals surface area contributed by atoms with Crippen LogP contribution in [0.4, 0.5) is 0 Å². The van der Waals surface area contributed by atoms with Gasteiger partial charge in [0.25, 0.3) is 5.56 Å². The summed E-state index contributed by atoms with van der Waals surface area (Å²) in [7, 11) is 0. The van der Waals surface area contributed by atoms with Crippen molar-refractivity contribution in [2.45, 2.75) is 64.3 Å². The molecule has 2 heterocycles. The first kappa shape index (κ1) is 21.3. The molecule has 0 aliphatic carbocycles. The highest BCUT2D eigenvalue weighted by Crippen LogP contribution is 2.24. The van der Waals surface area contributed by atoms with Gasteiger partial charge in [0.05, 0.1) is 17.5 Å². The van der Waals surface area contributed by atoms with Gasteiger partial charge in [-0.25, -0.2) is 4.98 Å². The van der Waals surface area contributed by atoms with Crippen molar-refractivity contribution < 1.29 is 4.74 Å². The van der Waals surface area contributed by atoms with E-state index in [9.17, 15) is 4.79 Å². The highest BCUT2D eigenvalue weighted by Gasteiger charge is 2.19. The van der Waals surface area contributed by atoms with Crippen LogP contribution >= 0.6 is 11.8 Å². The molecule has 0 saturated carbocycles. The molecule has 3 rings (SSSR count). The van der Waals surface area contributed by atoms with Crippen molar-refractivity contribution in [1.29, 1.82) is 0 Å². The van der Waals surface area contributed by atoms with Crippen molar-refractivity contribution in [3.63, 3.8) is 0 Å². The quantitative estimate of drug-likeness (QED) is 0.492. The zero-order valence-electron chi connectivity index (χ0n) is 17.6.